The van der Waals surface area contributed by atoms with E-state index in [1.54, 1.807) is 12.1 Å². The van der Waals surface area contributed by atoms with Gasteiger partial charge in [0, 0.05) is 0 Å². The van der Waals surface area contributed by atoms with Gasteiger partial charge < -0.3 is 10.4 Å². The van der Waals surface area contributed by atoms with E-state index < -0.39 is 23.3 Å². The van der Waals surface area contributed by atoms with Crippen molar-refractivity contribution in [2.24, 2.45) is 11.8 Å². The van der Waals surface area contributed by atoms with Crippen LogP contribution >= 0.6 is 0 Å². The molecule has 0 aliphatic heterocycles. The Morgan fingerprint density at radius 2 is 1.75 bits per heavy atom. The second kappa shape index (κ2) is 4.58. The van der Waals surface area contributed by atoms with E-state index in [4.69, 9.17) is 5.11 Å². The molecule has 2 aliphatic carbocycles. The van der Waals surface area contributed by atoms with Crippen LogP contribution in [0.15, 0.2) is 24.3 Å². The average Bonchev–Trinajstić information content (AvgIpc) is 3.08. The van der Waals surface area contributed by atoms with Crippen LogP contribution in [-0.2, 0) is 15.1 Å². The van der Waals surface area contributed by atoms with Gasteiger partial charge in [-0.1, -0.05) is 12.1 Å². The van der Waals surface area contributed by atoms with Crippen LogP contribution in [0.2, 0.25) is 0 Å². The number of benzene rings is 1. The largest absolute Gasteiger partial charge is 0.481 e. The van der Waals surface area contributed by atoms with Gasteiger partial charge in [-0.25, -0.2) is 4.39 Å². The van der Waals surface area contributed by atoms with Gasteiger partial charge in [-0.15, -0.1) is 0 Å². The lowest BCUT2D eigenvalue weighted by Gasteiger charge is -2.33. The summed E-state index contributed by atoms with van der Waals surface area (Å²) in [6, 6.07) is 6.12. The van der Waals surface area contributed by atoms with Crippen LogP contribution in [0.4, 0.5) is 4.39 Å². The number of hydrogen-bond donors (Lipinski definition) is 2. The van der Waals surface area contributed by atoms with Gasteiger partial charge >= 0.3 is 5.97 Å². The van der Waals surface area contributed by atoms with E-state index in [0.29, 0.717) is 12.8 Å². The number of nitrogens with one attached hydrogen (secondary N) is 1. The molecule has 3 rings (SSSR count). The highest BCUT2D eigenvalue weighted by Gasteiger charge is 2.49. The Morgan fingerprint density at radius 1 is 1.15 bits per heavy atom. The first-order valence-corrected chi connectivity index (χ1v) is 6.83. The lowest BCUT2D eigenvalue weighted by atomic mass is 9.73. The summed E-state index contributed by atoms with van der Waals surface area (Å²) in [5, 5.41) is 12.0. The van der Waals surface area contributed by atoms with E-state index in [1.807, 2.05) is 0 Å². The molecular formula is C15H16FNO3. The topological polar surface area (TPSA) is 66.4 Å². The van der Waals surface area contributed by atoms with Crippen LogP contribution in [0.1, 0.15) is 31.2 Å². The predicted octanol–water partition coefficient (Wildman–Crippen LogP) is 2.04. The number of carbonyl (C=O) groups excluding carboxylic acids is 1. The Bertz CT molecular complexity index is 551. The number of rotatable bonds is 4. The molecule has 0 saturated heterocycles. The number of hydrogen-bond acceptors (Lipinski definition) is 2. The number of carbonyl (C=O) groups is 2. The molecule has 2 saturated carbocycles. The minimum absolute atomic E-state index is 0.189. The minimum Gasteiger partial charge on any atom is -0.481 e. The maximum absolute atomic E-state index is 12.9. The lowest BCUT2D eigenvalue weighted by Crippen LogP contribution is -2.47. The molecule has 106 valence electrons. The molecule has 20 heavy (non-hydrogen) atoms. The van der Waals surface area contributed by atoms with Crippen molar-refractivity contribution in [1.82, 2.24) is 5.32 Å². The standard InChI is InChI=1S/C15H16FNO3/c16-10-3-1-9(2-4-10)15(7-8-15)17-13(18)11-5-6-12(11)14(19)20/h1-4,11-12H,5-8H2,(H,17,18)(H,19,20). The van der Waals surface area contributed by atoms with Gasteiger partial charge in [-0.05, 0) is 43.4 Å². The highest BCUT2D eigenvalue weighted by molar-refractivity contribution is 5.87. The SMILES string of the molecule is O=C(O)C1CCC1C(=O)NC1(c2ccc(F)cc2)CC1. The van der Waals surface area contributed by atoms with E-state index in [1.165, 1.54) is 12.1 Å². The van der Waals surface area contributed by atoms with Gasteiger partial charge in [-0.2, -0.15) is 0 Å². The van der Waals surface area contributed by atoms with Crippen molar-refractivity contribution < 1.29 is 19.1 Å². The van der Waals surface area contributed by atoms with Gasteiger partial charge in [-0.3, -0.25) is 9.59 Å². The van der Waals surface area contributed by atoms with Crippen LogP contribution in [-0.4, -0.2) is 17.0 Å². The van der Waals surface area contributed by atoms with Gasteiger partial charge in [0.25, 0.3) is 0 Å². The van der Waals surface area contributed by atoms with Crippen molar-refractivity contribution >= 4 is 11.9 Å². The Balaban J connectivity index is 1.70. The summed E-state index contributed by atoms with van der Waals surface area (Å²) in [6.07, 6.45) is 2.82. The smallest absolute Gasteiger partial charge is 0.307 e. The van der Waals surface area contributed by atoms with Crippen LogP contribution in [0.25, 0.3) is 0 Å². The van der Waals surface area contributed by atoms with E-state index in [9.17, 15) is 14.0 Å². The zero-order valence-corrected chi connectivity index (χ0v) is 10.9. The normalized spacial score (nSPS) is 26.4. The number of carboxylic acids is 1. The van der Waals surface area contributed by atoms with Gasteiger partial charge in [0.15, 0.2) is 0 Å². The van der Waals surface area contributed by atoms with Crippen LogP contribution in [0.5, 0.6) is 0 Å². The first-order chi connectivity index (χ1) is 9.52. The monoisotopic (exact) mass is 277 g/mol. The molecule has 0 bridgehead atoms. The highest BCUT2D eigenvalue weighted by Crippen LogP contribution is 2.46. The Labute approximate surface area is 116 Å². The molecule has 4 nitrogen and oxygen atoms in total. The zero-order chi connectivity index (χ0) is 14.3. The molecule has 0 radical (unpaired) electrons. The molecule has 5 heteroatoms. The summed E-state index contributed by atoms with van der Waals surface area (Å²) in [5.74, 6) is -2.38. The molecule has 2 atom stereocenters. The summed E-state index contributed by atoms with van der Waals surface area (Å²) >= 11 is 0. The molecule has 2 aliphatic rings. The first-order valence-electron chi connectivity index (χ1n) is 6.83. The molecule has 2 N–H and O–H groups in total. The van der Waals surface area contributed by atoms with Crippen molar-refractivity contribution in [3.63, 3.8) is 0 Å². The van der Waals surface area contributed by atoms with E-state index in [0.717, 1.165) is 18.4 Å². The van der Waals surface area contributed by atoms with E-state index in [2.05, 4.69) is 5.32 Å². The highest BCUT2D eigenvalue weighted by atomic mass is 19.1. The molecule has 1 aromatic carbocycles. The molecule has 0 spiro atoms. The molecule has 0 aromatic heterocycles. The molecule has 0 heterocycles. The third kappa shape index (κ3) is 2.17. The fourth-order valence-electron chi connectivity index (χ4n) is 2.82. The van der Waals surface area contributed by atoms with Gasteiger partial charge in [0.1, 0.15) is 5.82 Å². The second-order valence-corrected chi connectivity index (χ2v) is 5.71. The molecule has 1 aromatic rings. The lowest BCUT2D eigenvalue weighted by molar-refractivity contribution is -0.153. The minimum atomic E-state index is -0.900. The molecular weight excluding hydrogens is 261 g/mol. The maximum atomic E-state index is 12.9. The van der Waals surface area contributed by atoms with E-state index in [-0.39, 0.29) is 11.7 Å². The van der Waals surface area contributed by atoms with Gasteiger partial charge in [0.2, 0.25) is 5.91 Å². The average molecular weight is 277 g/mol. The second-order valence-electron chi connectivity index (χ2n) is 5.71. The van der Waals surface area contributed by atoms with Crippen LogP contribution in [0.3, 0.4) is 0 Å². The predicted molar refractivity (Wildman–Crippen MR) is 69.3 cm³/mol. The number of amides is 1. The number of aliphatic carboxylic acids is 1. The van der Waals surface area contributed by atoms with Crippen LogP contribution in [0, 0.1) is 17.7 Å². The Morgan fingerprint density at radius 3 is 2.20 bits per heavy atom. The Hall–Kier alpha value is -1.91. The van der Waals surface area contributed by atoms with Crippen molar-refractivity contribution in [1.29, 1.82) is 0 Å². The third-order valence-corrected chi connectivity index (χ3v) is 4.44. The van der Waals surface area contributed by atoms with Crippen molar-refractivity contribution in [2.75, 3.05) is 0 Å². The number of halogens is 1. The third-order valence-electron chi connectivity index (χ3n) is 4.44. The Kier molecular flexibility index (Phi) is 3.00. The summed E-state index contributed by atoms with van der Waals surface area (Å²) in [7, 11) is 0. The summed E-state index contributed by atoms with van der Waals surface area (Å²) in [5.41, 5.74) is 0.474. The molecule has 2 unspecified atom stereocenters. The molecule has 2 fully saturated rings. The summed E-state index contributed by atoms with van der Waals surface area (Å²) in [4.78, 5) is 23.2. The number of carboxylic acid groups (broad SMARTS) is 1. The first kappa shape index (κ1) is 13.1. The summed E-state index contributed by atoms with van der Waals surface area (Å²) < 4.78 is 12.9. The zero-order valence-electron chi connectivity index (χ0n) is 10.9. The quantitative estimate of drug-likeness (QED) is 0.885. The fraction of sp³-hybridized carbons (Fsp3) is 0.467. The van der Waals surface area contributed by atoms with Gasteiger partial charge in [0.05, 0.1) is 17.4 Å². The van der Waals surface area contributed by atoms with E-state index >= 15 is 0 Å². The molecule has 1 amide bonds. The van der Waals surface area contributed by atoms with Crippen molar-refractivity contribution in [2.45, 2.75) is 31.2 Å². The maximum Gasteiger partial charge on any atom is 0.307 e. The summed E-state index contributed by atoms with van der Waals surface area (Å²) in [6.45, 7) is 0. The fourth-order valence-corrected chi connectivity index (χ4v) is 2.82. The van der Waals surface area contributed by atoms with Crippen molar-refractivity contribution in [3.8, 4) is 0 Å². The van der Waals surface area contributed by atoms with Crippen molar-refractivity contribution in [3.05, 3.63) is 35.6 Å². The van der Waals surface area contributed by atoms with Crippen LogP contribution < -0.4 is 5.32 Å².